The largest absolute Gasteiger partial charge is 0.464 e. The van der Waals surface area contributed by atoms with Crippen molar-refractivity contribution in [3.8, 4) is 0 Å². The molecule has 1 amide bonds. The minimum atomic E-state index is -0.455. The molecule has 0 aromatic carbocycles. The number of rotatable bonds is 5. The number of nitrogens with zero attached hydrogens (tertiary/aromatic N) is 2. The smallest absolute Gasteiger partial charge is 0.357 e. The Hall–Kier alpha value is -2.22. The summed E-state index contributed by atoms with van der Waals surface area (Å²) < 4.78 is 4.57. The molecule has 7 nitrogen and oxygen atoms in total. The third-order valence-corrected chi connectivity index (χ3v) is 3.22. The maximum atomic E-state index is 11.6. The summed E-state index contributed by atoms with van der Waals surface area (Å²) in [6.07, 6.45) is 3.45. The second-order valence-corrected chi connectivity index (χ2v) is 4.53. The second-order valence-electron chi connectivity index (χ2n) is 3.59. The number of esters is 1. The van der Waals surface area contributed by atoms with Crippen molar-refractivity contribution in [3.63, 3.8) is 0 Å². The molecule has 0 aliphatic rings. The number of carbonyl (C=O) groups excluding carboxylic acids is 2. The van der Waals surface area contributed by atoms with Gasteiger partial charge >= 0.3 is 5.97 Å². The van der Waals surface area contributed by atoms with E-state index >= 15 is 0 Å². The molecular formula is C11H12N4O3S. The summed E-state index contributed by atoms with van der Waals surface area (Å²) in [5, 5.41) is 5.13. The molecule has 2 heterocycles. The van der Waals surface area contributed by atoms with Gasteiger partial charge in [0, 0.05) is 18.3 Å². The lowest BCUT2D eigenvalue weighted by atomic mass is 10.4. The van der Waals surface area contributed by atoms with Gasteiger partial charge in [-0.1, -0.05) is 0 Å². The summed E-state index contributed by atoms with van der Waals surface area (Å²) in [6, 6.07) is 0. The molecule has 100 valence electrons. The molecule has 0 spiro atoms. The SMILES string of the molecule is COC(=O)c1csc(CCNC(=O)c2cnc[nH]2)n1. The Bertz CT molecular complexity index is 564. The van der Waals surface area contributed by atoms with Crippen LogP contribution in [-0.2, 0) is 11.2 Å². The Morgan fingerprint density at radius 1 is 1.53 bits per heavy atom. The van der Waals surface area contributed by atoms with Crippen LogP contribution in [0.4, 0.5) is 0 Å². The zero-order chi connectivity index (χ0) is 13.7. The summed E-state index contributed by atoms with van der Waals surface area (Å²) in [6.45, 7) is 0.436. The second kappa shape index (κ2) is 6.10. The molecule has 19 heavy (non-hydrogen) atoms. The number of amides is 1. The van der Waals surface area contributed by atoms with E-state index in [4.69, 9.17) is 0 Å². The molecule has 0 fully saturated rings. The van der Waals surface area contributed by atoms with Gasteiger partial charge in [0.05, 0.1) is 24.6 Å². The van der Waals surface area contributed by atoms with E-state index in [-0.39, 0.29) is 5.91 Å². The van der Waals surface area contributed by atoms with E-state index in [9.17, 15) is 9.59 Å². The van der Waals surface area contributed by atoms with Crippen LogP contribution in [-0.4, -0.2) is 40.5 Å². The third-order valence-electron chi connectivity index (χ3n) is 2.31. The Morgan fingerprint density at radius 2 is 2.37 bits per heavy atom. The number of hydrogen-bond acceptors (Lipinski definition) is 6. The van der Waals surface area contributed by atoms with Crippen molar-refractivity contribution in [2.75, 3.05) is 13.7 Å². The van der Waals surface area contributed by atoms with Crippen molar-refractivity contribution < 1.29 is 14.3 Å². The lowest BCUT2D eigenvalue weighted by molar-refractivity contribution is 0.0594. The van der Waals surface area contributed by atoms with Crippen LogP contribution in [0.3, 0.4) is 0 Å². The van der Waals surface area contributed by atoms with Gasteiger partial charge in [0.25, 0.3) is 5.91 Å². The van der Waals surface area contributed by atoms with Crippen LogP contribution >= 0.6 is 11.3 Å². The minimum absolute atomic E-state index is 0.220. The van der Waals surface area contributed by atoms with Gasteiger partial charge in [-0.15, -0.1) is 11.3 Å². The van der Waals surface area contributed by atoms with Gasteiger partial charge in [-0.25, -0.2) is 14.8 Å². The Morgan fingerprint density at radius 3 is 3.05 bits per heavy atom. The Balaban J connectivity index is 1.81. The highest BCUT2D eigenvalue weighted by atomic mass is 32.1. The molecule has 0 unspecified atom stereocenters. The predicted octanol–water partition coefficient (Wildman–Crippen LogP) is 0.625. The molecule has 0 saturated carbocycles. The van der Waals surface area contributed by atoms with Gasteiger partial charge in [-0.05, 0) is 0 Å². The summed E-state index contributed by atoms with van der Waals surface area (Å²) in [7, 11) is 1.31. The highest BCUT2D eigenvalue weighted by Gasteiger charge is 2.11. The van der Waals surface area contributed by atoms with E-state index in [1.807, 2.05) is 0 Å². The first-order chi connectivity index (χ1) is 9.20. The fourth-order valence-electron chi connectivity index (χ4n) is 1.38. The van der Waals surface area contributed by atoms with Crippen molar-refractivity contribution in [2.45, 2.75) is 6.42 Å². The van der Waals surface area contributed by atoms with E-state index in [1.165, 1.54) is 31.0 Å². The van der Waals surface area contributed by atoms with Crippen LogP contribution in [0.1, 0.15) is 26.0 Å². The van der Waals surface area contributed by atoms with Gasteiger partial charge in [0.2, 0.25) is 0 Å². The number of aromatic nitrogens is 3. The first-order valence-corrected chi connectivity index (χ1v) is 6.38. The van der Waals surface area contributed by atoms with Crippen molar-refractivity contribution in [1.82, 2.24) is 20.3 Å². The number of ether oxygens (including phenoxy) is 1. The first-order valence-electron chi connectivity index (χ1n) is 5.50. The van der Waals surface area contributed by atoms with Crippen molar-refractivity contribution in [2.24, 2.45) is 0 Å². The first kappa shape index (κ1) is 13.2. The average molecular weight is 280 g/mol. The summed E-state index contributed by atoms with van der Waals surface area (Å²) in [4.78, 5) is 33.4. The van der Waals surface area contributed by atoms with Crippen LogP contribution in [0.25, 0.3) is 0 Å². The fraction of sp³-hybridized carbons (Fsp3) is 0.273. The third kappa shape index (κ3) is 3.38. The van der Waals surface area contributed by atoms with Crippen LogP contribution < -0.4 is 5.32 Å². The fourth-order valence-corrected chi connectivity index (χ4v) is 2.15. The molecule has 0 aliphatic carbocycles. The normalized spacial score (nSPS) is 10.2. The molecule has 0 atom stereocenters. The highest BCUT2D eigenvalue weighted by molar-refractivity contribution is 7.09. The van der Waals surface area contributed by atoms with E-state index < -0.39 is 5.97 Å². The number of carbonyl (C=O) groups is 2. The number of thiazole rings is 1. The highest BCUT2D eigenvalue weighted by Crippen LogP contribution is 2.10. The number of H-pyrrole nitrogens is 1. The number of methoxy groups -OCH3 is 1. The zero-order valence-corrected chi connectivity index (χ0v) is 11.0. The quantitative estimate of drug-likeness (QED) is 0.783. The van der Waals surface area contributed by atoms with Gasteiger partial charge in [0.1, 0.15) is 5.69 Å². The molecular weight excluding hydrogens is 268 g/mol. The number of hydrogen-bond donors (Lipinski definition) is 2. The predicted molar refractivity (Wildman–Crippen MR) is 68.1 cm³/mol. The van der Waals surface area contributed by atoms with Gasteiger partial charge in [0.15, 0.2) is 5.69 Å². The van der Waals surface area contributed by atoms with Crippen LogP contribution in [0.2, 0.25) is 0 Å². The molecule has 0 saturated heterocycles. The summed E-state index contributed by atoms with van der Waals surface area (Å²) >= 11 is 1.36. The summed E-state index contributed by atoms with van der Waals surface area (Å²) in [5.41, 5.74) is 0.705. The van der Waals surface area contributed by atoms with E-state index in [0.29, 0.717) is 24.4 Å². The van der Waals surface area contributed by atoms with Crippen LogP contribution in [0, 0.1) is 0 Å². The van der Waals surface area contributed by atoms with E-state index in [2.05, 4.69) is 25.0 Å². The Kier molecular flexibility index (Phi) is 4.24. The van der Waals surface area contributed by atoms with Gasteiger partial charge < -0.3 is 15.0 Å². The van der Waals surface area contributed by atoms with Gasteiger partial charge in [-0.2, -0.15) is 0 Å². The van der Waals surface area contributed by atoms with Gasteiger partial charge in [-0.3, -0.25) is 4.79 Å². The van der Waals surface area contributed by atoms with E-state index in [0.717, 1.165) is 5.01 Å². The van der Waals surface area contributed by atoms with Crippen LogP contribution in [0.15, 0.2) is 17.9 Å². The molecule has 0 bridgehead atoms. The summed E-state index contributed by atoms with van der Waals surface area (Å²) in [5.74, 6) is -0.675. The maximum Gasteiger partial charge on any atom is 0.357 e. The molecule has 2 aromatic rings. The van der Waals surface area contributed by atoms with E-state index in [1.54, 1.807) is 5.38 Å². The number of imidazole rings is 1. The van der Waals surface area contributed by atoms with Crippen LogP contribution in [0.5, 0.6) is 0 Å². The van der Waals surface area contributed by atoms with Crippen molar-refractivity contribution >= 4 is 23.2 Å². The standard InChI is InChI=1S/C11H12N4O3S/c1-18-11(17)8-5-19-9(15-8)2-3-13-10(16)7-4-12-6-14-7/h4-6H,2-3H2,1H3,(H,12,14)(H,13,16). The topological polar surface area (TPSA) is 97.0 Å². The zero-order valence-electron chi connectivity index (χ0n) is 10.2. The van der Waals surface area contributed by atoms with Crippen molar-refractivity contribution in [1.29, 1.82) is 0 Å². The molecule has 2 rings (SSSR count). The number of aromatic amines is 1. The lowest BCUT2D eigenvalue weighted by Crippen LogP contribution is -2.25. The number of nitrogens with one attached hydrogen (secondary N) is 2. The lowest BCUT2D eigenvalue weighted by Gasteiger charge is -2.01. The molecule has 8 heteroatoms. The Labute approximate surface area is 113 Å². The minimum Gasteiger partial charge on any atom is -0.464 e. The maximum absolute atomic E-state index is 11.6. The molecule has 2 aromatic heterocycles. The molecule has 2 N–H and O–H groups in total. The average Bonchev–Trinajstić information content (AvgIpc) is 3.08. The molecule has 0 radical (unpaired) electrons. The van der Waals surface area contributed by atoms with Crippen molar-refractivity contribution in [3.05, 3.63) is 34.3 Å². The molecule has 0 aliphatic heterocycles. The monoisotopic (exact) mass is 280 g/mol.